The molecule has 124 valence electrons. The number of likely N-dealkylation sites (N-methyl/N-ethyl adjacent to an activating group) is 1. The van der Waals surface area contributed by atoms with Crippen molar-refractivity contribution < 1.29 is 19.4 Å². The van der Waals surface area contributed by atoms with Crippen LogP contribution >= 0.6 is 0 Å². The first-order valence-electron chi connectivity index (χ1n) is 7.73. The van der Waals surface area contributed by atoms with E-state index >= 15 is 0 Å². The molecule has 5 nitrogen and oxygen atoms in total. The third kappa shape index (κ3) is 5.23. The average molecular weight is 317 g/mol. The van der Waals surface area contributed by atoms with Gasteiger partial charge in [-0.05, 0) is 25.4 Å². The monoisotopic (exact) mass is 317 g/mol. The van der Waals surface area contributed by atoms with Crippen molar-refractivity contribution in [3.63, 3.8) is 0 Å². The summed E-state index contributed by atoms with van der Waals surface area (Å²) in [6.07, 6.45) is -0.687. The second kappa shape index (κ2) is 8.50. The first-order valence-corrected chi connectivity index (χ1v) is 7.73. The Labute approximate surface area is 136 Å². The van der Waals surface area contributed by atoms with Crippen molar-refractivity contribution in [2.45, 2.75) is 13.0 Å². The molecule has 0 aromatic heterocycles. The number of aliphatic hydroxyl groups excluding tert-OH is 1. The largest absolute Gasteiger partial charge is 0.490 e. The second-order valence-corrected chi connectivity index (χ2v) is 5.44. The maximum atomic E-state index is 11.4. The standard InChI is InChI=1S/C18H23NO4/c1-3-22-18(21)12-19(2)11-15(20)13-23-17-10-6-8-14-7-4-5-9-16(14)17/h4-10,15,20H,3,11-13H2,1-2H3. The van der Waals surface area contributed by atoms with Gasteiger partial charge in [0.1, 0.15) is 18.5 Å². The molecule has 0 aliphatic carbocycles. The van der Waals surface area contributed by atoms with Crippen LogP contribution in [-0.2, 0) is 9.53 Å². The van der Waals surface area contributed by atoms with Gasteiger partial charge in [0.05, 0.1) is 13.2 Å². The molecule has 0 fully saturated rings. The smallest absolute Gasteiger partial charge is 0.320 e. The topological polar surface area (TPSA) is 59.0 Å². The number of ether oxygens (including phenoxy) is 2. The molecule has 0 amide bonds. The summed E-state index contributed by atoms with van der Waals surface area (Å²) in [4.78, 5) is 13.1. The number of hydrogen-bond acceptors (Lipinski definition) is 5. The Bertz CT molecular complexity index is 638. The van der Waals surface area contributed by atoms with Crippen LogP contribution in [0.3, 0.4) is 0 Å². The second-order valence-electron chi connectivity index (χ2n) is 5.44. The molecule has 0 spiro atoms. The predicted octanol–water partition coefficient (Wildman–Crippen LogP) is 2.07. The predicted molar refractivity (Wildman–Crippen MR) is 89.6 cm³/mol. The molecule has 0 saturated carbocycles. The lowest BCUT2D eigenvalue weighted by molar-refractivity contribution is -0.144. The molecule has 0 bridgehead atoms. The first-order chi connectivity index (χ1) is 11.1. The minimum atomic E-state index is -0.687. The highest BCUT2D eigenvalue weighted by Crippen LogP contribution is 2.25. The molecule has 1 N–H and O–H groups in total. The Kier molecular flexibility index (Phi) is 6.38. The molecular weight excluding hydrogens is 294 g/mol. The number of fused-ring (bicyclic) bond motifs is 1. The molecule has 0 aliphatic rings. The van der Waals surface area contributed by atoms with Crippen LogP contribution in [0, 0.1) is 0 Å². The summed E-state index contributed by atoms with van der Waals surface area (Å²) in [6.45, 7) is 2.79. The number of benzene rings is 2. The fourth-order valence-electron chi connectivity index (χ4n) is 2.41. The molecule has 0 heterocycles. The van der Waals surface area contributed by atoms with E-state index in [4.69, 9.17) is 9.47 Å². The van der Waals surface area contributed by atoms with E-state index in [-0.39, 0.29) is 19.1 Å². The SMILES string of the molecule is CCOC(=O)CN(C)CC(O)COc1cccc2ccccc12. The highest BCUT2D eigenvalue weighted by molar-refractivity contribution is 5.88. The number of hydrogen-bond donors (Lipinski definition) is 1. The first kappa shape index (κ1) is 17.2. The van der Waals surface area contributed by atoms with E-state index < -0.39 is 6.10 Å². The minimum Gasteiger partial charge on any atom is -0.490 e. The van der Waals surface area contributed by atoms with Crippen LogP contribution in [0.5, 0.6) is 5.75 Å². The fraction of sp³-hybridized carbons (Fsp3) is 0.389. The third-order valence-electron chi connectivity index (χ3n) is 3.41. The van der Waals surface area contributed by atoms with E-state index in [9.17, 15) is 9.90 Å². The van der Waals surface area contributed by atoms with Gasteiger partial charge in [-0.15, -0.1) is 0 Å². The van der Waals surface area contributed by atoms with Crippen molar-refractivity contribution in [1.29, 1.82) is 0 Å². The Balaban J connectivity index is 1.86. The number of aliphatic hydroxyl groups is 1. The van der Waals surface area contributed by atoms with Crippen molar-refractivity contribution in [3.05, 3.63) is 42.5 Å². The summed E-state index contributed by atoms with van der Waals surface area (Å²) in [5, 5.41) is 12.2. The summed E-state index contributed by atoms with van der Waals surface area (Å²) in [5.41, 5.74) is 0. The summed E-state index contributed by atoms with van der Waals surface area (Å²) in [7, 11) is 1.76. The Morgan fingerprint density at radius 1 is 1.22 bits per heavy atom. The lowest BCUT2D eigenvalue weighted by Crippen LogP contribution is -2.36. The Hall–Kier alpha value is -2.11. The third-order valence-corrected chi connectivity index (χ3v) is 3.41. The van der Waals surface area contributed by atoms with Gasteiger partial charge in [-0.1, -0.05) is 36.4 Å². The number of carbonyl (C=O) groups excluding carboxylic acids is 1. The highest BCUT2D eigenvalue weighted by Gasteiger charge is 2.13. The zero-order chi connectivity index (χ0) is 16.7. The van der Waals surface area contributed by atoms with Crippen LogP contribution < -0.4 is 4.74 Å². The van der Waals surface area contributed by atoms with Gasteiger partial charge in [0.15, 0.2) is 0 Å². The van der Waals surface area contributed by atoms with Gasteiger partial charge in [-0.2, -0.15) is 0 Å². The fourth-order valence-corrected chi connectivity index (χ4v) is 2.41. The van der Waals surface area contributed by atoms with Gasteiger partial charge in [0, 0.05) is 11.9 Å². The van der Waals surface area contributed by atoms with Crippen molar-refractivity contribution in [1.82, 2.24) is 4.90 Å². The van der Waals surface area contributed by atoms with Crippen LogP contribution in [0.4, 0.5) is 0 Å². The van der Waals surface area contributed by atoms with E-state index in [1.807, 2.05) is 42.5 Å². The molecule has 2 aromatic rings. The summed E-state index contributed by atoms with van der Waals surface area (Å²) >= 11 is 0. The lowest BCUT2D eigenvalue weighted by Gasteiger charge is -2.20. The quantitative estimate of drug-likeness (QED) is 0.755. The molecular formula is C18H23NO4. The molecule has 2 aromatic carbocycles. The van der Waals surface area contributed by atoms with E-state index in [0.717, 1.165) is 16.5 Å². The van der Waals surface area contributed by atoms with Crippen LogP contribution in [0.25, 0.3) is 10.8 Å². The Morgan fingerprint density at radius 2 is 1.96 bits per heavy atom. The van der Waals surface area contributed by atoms with Gasteiger partial charge < -0.3 is 14.6 Å². The molecule has 0 radical (unpaired) electrons. The van der Waals surface area contributed by atoms with E-state index in [0.29, 0.717) is 13.2 Å². The van der Waals surface area contributed by atoms with Crippen LogP contribution in [0.15, 0.2) is 42.5 Å². The van der Waals surface area contributed by atoms with Crippen molar-refractivity contribution in [2.24, 2.45) is 0 Å². The van der Waals surface area contributed by atoms with Gasteiger partial charge in [-0.3, -0.25) is 9.69 Å². The molecule has 1 unspecified atom stereocenters. The maximum absolute atomic E-state index is 11.4. The zero-order valence-electron chi connectivity index (χ0n) is 13.6. The van der Waals surface area contributed by atoms with Gasteiger partial charge >= 0.3 is 5.97 Å². The van der Waals surface area contributed by atoms with E-state index in [2.05, 4.69) is 0 Å². The van der Waals surface area contributed by atoms with Crippen molar-refractivity contribution in [2.75, 3.05) is 33.4 Å². The molecule has 0 saturated heterocycles. The number of nitrogens with zero attached hydrogens (tertiary/aromatic N) is 1. The van der Waals surface area contributed by atoms with Gasteiger partial charge in [0.25, 0.3) is 0 Å². The summed E-state index contributed by atoms with van der Waals surface area (Å²) < 4.78 is 10.6. The number of esters is 1. The average Bonchev–Trinajstić information content (AvgIpc) is 2.52. The van der Waals surface area contributed by atoms with E-state index in [1.54, 1.807) is 18.9 Å². The molecule has 2 rings (SSSR count). The zero-order valence-corrected chi connectivity index (χ0v) is 13.6. The maximum Gasteiger partial charge on any atom is 0.320 e. The normalized spacial score (nSPS) is 12.3. The minimum absolute atomic E-state index is 0.152. The van der Waals surface area contributed by atoms with Crippen LogP contribution in [0.1, 0.15) is 6.92 Å². The molecule has 23 heavy (non-hydrogen) atoms. The van der Waals surface area contributed by atoms with Crippen molar-refractivity contribution in [3.8, 4) is 5.75 Å². The van der Waals surface area contributed by atoms with Crippen LogP contribution in [0.2, 0.25) is 0 Å². The molecule has 1 atom stereocenters. The molecule has 5 heteroatoms. The van der Waals surface area contributed by atoms with Crippen LogP contribution in [-0.4, -0.2) is 55.4 Å². The van der Waals surface area contributed by atoms with Gasteiger partial charge in [0.2, 0.25) is 0 Å². The van der Waals surface area contributed by atoms with Crippen molar-refractivity contribution >= 4 is 16.7 Å². The lowest BCUT2D eigenvalue weighted by atomic mass is 10.1. The molecule has 0 aliphatic heterocycles. The summed E-state index contributed by atoms with van der Waals surface area (Å²) in [5.74, 6) is 0.451. The summed E-state index contributed by atoms with van der Waals surface area (Å²) in [6, 6.07) is 13.8. The van der Waals surface area contributed by atoms with E-state index in [1.165, 1.54) is 0 Å². The van der Waals surface area contributed by atoms with Gasteiger partial charge in [-0.25, -0.2) is 0 Å². The number of rotatable bonds is 8. The Morgan fingerprint density at radius 3 is 2.74 bits per heavy atom. The highest BCUT2D eigenvalue weighted by atomic mass is 16.5. The number of carbonyl (C=O) groups is 1.